The third kappa shape index (κ3) is 3.86. The summed E-state index contributed by atoms with van der Waals surface area (Å²) in [6.45, 7) is 0.986. The van der Waals surface area contributed by atoms with E-state index in [4.69, 9.17) is 5.73 Å². The van der Waals surface area contributed by atoms with E-state index in [0.29, 0.717) is 13.1 Å². The summed E-state index contributed by atoms with van der Waals surface area (Å²) < 4.78 is 40.2. The number of halogens is 3. The summed E-state index contributed by atoms with van der Waals surface area (Å²) in [5, 5.41) is 0. The Kier molecular flexibility index (Phi) is 4.17. The SMILES string of the molecule is N[C@@H]1CCCN(C(=O)c2cccc(OC(F)(F)F)c2)C1. The third-order valence-electron chi connectivity index (χ3n) is 3.06. The zero-order valence-electron chi connectivity index (χ0n) is 10.7. The van der Waals surface area contributed by atoms with Crippen LogP contribution in [-0.4, -0.2) is 36.3 Å². The van der Waals surface area contributed by atoms with Crippen molar-refractivity contribution in [2.24, 2.45) is 5.73 Å². The molecule has 1 aromatic carbocycles. The quantitative estimate of drug-likeness (QED) is 0.907. The molecule has 0 unspecified atom stereocenters. The molecule has 1 heterocycles. The summed E-state index contributed by atoms with van der Waals surface area (Å²) in [6.07, 6.45) is -3.12. The van der Waals surface area contributed by atoms with Gasteiger partial charge >= 0.3 is 6.36 Å². The van der Waals surface area contributed by atoms with Gasteiger partial charge in [0.15, 0.2) is 0 Å². The van der Waals surface area contributed by atoms with Crippen molar-refractivity contribution in [3.05, 3.63) is 29.8 Å². The molecular weight excluding hydrogens is 273 g/mol. The van der Waals surface area contributed by atoms with Gasteiger partial charge in [-0.25, -0.2) is 0 Å². The van der Waals surface area contributed by atoms with Gasteiger partial charge in [-0.05, 0) is 31.0 Å². The summed E-state index contributed by atoms with van der Waals surface area (Å²) in [4.78, 5) is 13.8. The molecule has 0 radical (unpaired) electrons. The summed E-state index contributed by atoms with van der Waals surface area (Å²) in [7, 11) is 0. The molecule has 1 amide bonds. The Bertz CT molecular complexity index is 491. The Morgan fingerprint density at radius 2 is 2.15 bits per heavy atom. The number of likely N-dealkylation sites (tertiary alicyclic amines) is 1. The van der Waals surface area contributed by atoms with Crippen LogP contribution in [0.2, 0.25) is 0 Å². The summed E-state index contributed by atoms with van der Waals surface area (Å²) in [5.74, 6) is -0.725. The predicted octanol–water partition coefficient (Wildman–Crippen LogP) is 2.15. The second-order valence-electron chi connectivity index (χ2n) is 4.73. The number of rotatable bonds is 2. The van der Waals surface area contributed by atoms with E-state index in [0.717, 1.165) is 25.0 Å². The lowest BCUT2D eigenvalue weighted by molar-refractivity contribution is -0.274. The number of benzene rings is 1. The van der Waals surface area contributed by atoms with Crippen LogP contribution in [0.4, 0.5) is 13.2 Å². The highest BCUT2D eigenvalue weighted by molar-refractivity contribution is 5.94. The van der Waals surface area contributed by atoms with Gasteiger partial charge in [0.1, 0.15) is 5.75 Å². The molecule has 0 bridgehead atoms. The molecule has 0 spiro atoms. The maximum Gasteiger partial charge on any atom is 0.573 e. The first kappa shape index (κ1) is 14.6. The molecular formula is C13H15F3N2O2. The van der Waals surface area contributed by atoms with Crippen LogP contribution in [0.5, 0.6) is 5.75 Å². The smallest absolute Gasteiger partial charge is 0.406 e. The van der Waals surface area contributed by atoms with E-state index in [9.17, 15) is 18.0 Å². The molecule has 1 fully saturated rings. The van der Waals surface area contributed by atoms with Gasteiger partial charge in [-0.15, -0.1) is 13.2 Å². The van der Waals surface area contributed by atoms with Gasteiger partial charge in [0.25, 0.3) is 5.91 Å². The van der Waals surface area contributed by atoms with Crippen molar-refractivity contribution < 1.29 is 22.7 Å². The van der Waals surface area contributed by atoms with Gasteiger partial charge in [0, 0.05) is 24.7 Å². The van der Waals surface area contributed by atoms with Gasteiger partial charge < -0.3 is 15.4 Å². The number of nitrogens with zero attached hydrogens (tertiary/aromatic N) is 1. The summed E-state index contributed by atoms with van der Waals surface area (Å²) in [6, 6.07) is 4.99. The van der Waals surface area contributed by atoms with E-state index < -0.39 is 12.1 Å². The topological polar surface area (TPSA) is 55.6 Å². The van der Waals surface area contributed by atoms with Crippen molar-refractivity contribution in [3.63, 3.8) is 0 Å². The molecule has 2 N–H and O–H groups in total. The van der Waals surface area contributed by atoms with Crippen molar-refractivity contribution in [2.75, 3.05) is 13.1 Å². The lowest BCUT2D eigenvalue weighted by Crippen LogP contribution is -2.45. The molecule has 1 atom stereocenters. The van der Waals surface area contributed by atoms with E-state index >= 15 is 0 Å². The van der Waals surface area contributed by atoms with Gasteiger partial charge in [-0.2, -0.15) is 0 Å². The highest BCUT2D eigenvalue weighted by Crippen LogP contribution is 2.24. The molecule has 4 nitrogen and oxygen atoms in total. The first-order valence-electron chi connectivity index (χ1n) is 6.26. The number of carbonyl (C=O) groups excluding carboxylic acids is 1. The monoisotopic (exact) mass is 288 g/mol. The van der Waals surface area contributed by atoms with Crippen molar-refractivity contribution in [1.82, 2.24) is 4.90 Å². The first-order chi connectivity index (χ1) is 9.35. The zero-order valence-corrected chi connectivity index (χ0v) is 10.7. The minimum Gasteiger partial charge on any atom is -0.406 e. The average molecular weight is 288 g/mol. The van der Waals surface area contributed by atoms with E-state index in [1.165, 1.54) is 12.1 Å². The van der Waals surface area contributed by atoms with Crippen molar-refractivity contribution in [2.45, 2.75) is 25.2 Å². The first-order valence-corrected chi connectivity index (χ1v) is 6.26. The second kappa shape index (κ2) is 5.70. The predicted molar refractivity (Wildman–Crippen MR) is 66.2 cm³/mol. The van der Waals surface area contributed by atoms with Crippen LogP contribution in [-0.2, 0) is 0 Å². The normalized spacial score (nSPS) is 19.8. The molecule has 0 aromatic heterocycles. The van der Waals surface area contributed by atoms with Crippen LogP contribution in [0.1, 0.15) is 23.2 Å². The average Bonchev–Trinajstić information content (AvgIpc) is 2.36. The van der Waals surface area contributed by atoms with E-state index in [1.807, 2.05) is 0 Å². The van der Waals surface area contributed by atoms with E-state index in [2.05, 4.69) is 4.74 Å². The number of nitrogens with two attached hydrogens (primary N) is 1. The lowest BCUT2D eigenvalue weighted by Gasteiger charge is -2.30. The van der Waals surface area contributed by atoms with Gasteiger partial charge in [-0.3, -0.25) is 4.79 Å². The molecule has 2 rings (SSSR count). The maximum absolute atomic E-state index is 12.2. The molecule has 20 heavy (non-hydrogen) atoms. The fourth-order valence-corrected chi connectivity index (χ4v) is 2.20. The summed E-state index contributed by atoms with van der Waals surface area (Å²) in [5.41, 5.74) is 5.95. The van der Waals surface area contributed by atoms with Crippen molar-refractivity contribution >= 4 is 5.91 Å². The minimum absolute atomic E-state index is 0.0812. The van der Waals surface area contributed by atoms with Crippen LogP contribution in [0.25, 0.3) is 0 Å². The van der Waals surface area contributed by atoms with Crippen LogP contribution in [0.15, 0.2) is 24.3 Å². The largest absolute Gasteiger partial charge is 0.573 e. The van der Waals surface area contributed by atoms with Crippen LogP contribution in [0.3, 0.4) is 0 Å². The minimum atomic E-state index is -4.77. The number of alkyl halides is 3. The highest BCUT2D eigenvalue weighted by Gasteiger charge is 2.31. The van der Waals surface area contributed by atoms with Gasteiger partial charge in [0.2, 0.25) is 0 Å². The van der Waals surface area contributed by atoms with Crippen LogP contribution in [0, 0.1) is 0 Å². The standard InChI is InChI=1S/C13H15F3N2O2/c14-13(15,16)20-11-5-1-3-9(7-11)12(19)18-6-2-4-10(17)8-18/h1,3,5,7,10H,2,4,6,8,17H2/t10-/m1/s1. The Balaban J connectivity index is 2.12. The number of hydrogen-bond donors (Lipinski definition) is 1. The Morgan fingerprint density at radius 1 is 1.40 bits per heavy atom. The van der Waals surface area contributed by atoms with Crippen LogP contribution < -0.4 is 10.5 Å². The Morgan fingerprint density at radius 3 is 2.80 bits per heavy atom. The number of carbonyl (C=O) groups is 1. The van der Waals surface area contributed by atoms with Crippen molar-refractivity contribution in [3.8, 4) is 5.75 Å². The Hall–Kier alpha value is -1.76. The molecule has 110 valence electrons. The second-order valence-corrected chi connectivity index (χ2v) is 4.73. The number of piperidine rings is 1. The molecule has 0 aliphatic carbocycles. The molecule has 1 saturated heterocycles. The number of ether oxygens (including phenoxy) is 1. The van der Waals surface area contributed by atoms with E-state index in [1.54, 1.807) is 4.90 Å². The summed E-state index contributed by atoms with van der Waals surface area (Å²) >= 11 is 0. The van der Waals surface area contributed by atoms with Crippen molar-refractivity contribution in [1.29, 1.82) is 0 Å². The molecule has 7 heteroatoms. The number of hydrogen-bond acceptors (Lipinski definition) is 3. The van der Waals surface area contributed by atoms with Crippen LogP contribution >= 0.6 is 0 Å². The Labute approximate surface area is 114 Å². The molecule has 1 aromatic rings. The number of amides is 1. The maximum atomic E-state index is 12.2. The highest BCUT2D eigenvalue weighted by atomic mass is 19.4. The molecule has 1 aliphatic rings. The van der Waals surface area contributed by atoms with E-state index in [-0.39, 0.29) is 17.5 Å². The fourth-order valence-electron chi connectivity index (χ4n) is 2.20. The lowest BCUT2D eigenvalue weighted by atomic mass is 10.1. The van der Waals surface area contributed by atoms with Gasteiger partial charge in [-0.1, -0.05) is 6.07 Å². The van der Waals surface area contributed by atoms with Gasteiger partial charge in [0.05, 0.1) is 0 Å². The molecule has 1 aliphatic heterocycles. The zero-order chi connectivity index (χ0) is 14.8. The fraction of sp³-hybridized carbons (Fsp3) is 0.462. The third-order valence-corrected chi connectivity index (χ3v) is 3.06. The molecule has 0 saturated carbocycles.